The second-order valence-electron chi connectivity index (χ2n) is 12.6. The van der Waals surface area contributed by atoms with Gasteiger partial charge in [-0.05, 0) is 98.7 Å². The third kappa shape index (κ3) is 8.09. The zero-order valence-corrected chi connectivity index (χ0v) is 25.6. The smallest absolute Gasteiger partial charge is 0.338 e. The first-order valence-electron chi connectivity index (χ1n) is 14.8. The first-order valence-corrected chi connectivity index (χ1v) is 14.8. The van der Waals surface area contributed by atoms with Gasteiger partial charge in [-0.3, -0.25) is 4.79 Å². The van der Waals surface area contributed by atoms with Gasteiger partial charge in [0.2, 0.25) is 0 Å². The summed E-state index contributed by atoms with van der Waals surface area (Å²) >= 11 is 0. The van der Waals surface area contributed by atoms with Crippen molar-refractivity contribution in [3.63, 3.8) is 0 Å². The maximum absolute atomic E-state index is 13.1. The fourth-order valence-electron chi connectivity index (χ4n) is 5.30. The molecule has 0 saturated carbocycles. The van der Waals surface area contributed by atoms with Crippen LogP contribution in [0.15, 0.2) is 91.0 Å². The number of ether oxygens (including phenoxy) is 4. The predicted octanol–water partition coefficient (Wildman–Crippen LogP) is 7.91. The van der Waals surface area contributed by atoms with Crippen molar-refractivity contribution in [1.82, 2.24) is 0 Å². The van der Waals surface area contributed by atoms with E-state index in [9.17, 15) is 9.59 Å². The quantitative estimate of drug-likeness (QED) is 0.197. The van der Waals surface area contributed by atoms with Gasteiger partial charge < -0.3 is 18.9 Å². The van der Waals surface area contributed by atoms with Crippen LogP contribution < -0.4 is 0 Å². The molecule has 0 bridgehead atoms. The van der Waals surface area contributed by atoms with Crippen molar-refractivity contribution in [1.29, 1.82) is 0 Å². The minimum absolute atomic E-state index is 0.222. The molecule has 1 heterocycles. The number of hydrogen-bond acceptors (Lipinski definition) is 6. The van der Waals surface area contributed by atoms with Crippen molar-refractivity contribution in [3.05, 3.63) is 108 Å². The van der Waals surface area contributed by atoms with Gasteiger partial charge in [-0.15, -0.1) is 0 Å². The van der Waals surface area contributed by atoms with Crippen LogP contribution >= 0.6 is 0 Å². The Hall–Kier alpha value is -4.00. The number of esters is 2. The number of fused-ring (bicyclic) bond motifs is 1. The van der Waals surface area contributed by atoms with E-state index in [1.807, 2.05) is 83.1 Å². The number of benzene rings is 4. The van der Waals surface area contributed by atoms with Gasteiger partial charge in [-0.1, -0.05) is 72.8 Å². The lowest BCUT2D eigenvalue weighted by Gasteiger charge is -2.40. The summed E-state index contributed by atoms with van der Waals surface area (Å²) in [6.07, 6.45) is 1.05. The molecule has 0 spiro atoms. The molecule has 4 aromatic carbocycles. The van der Waals surface area contributed by atoms with Gasteiger partial charge in [0.15, 0.2) is 5.79 Å². The van der Waals surface area contributed by atoms with Crippen LogP contribution in [0.2, 0.25) is 0 Å². The molecule has 1 saturated heterocycles. The highest BCUT2D eigenvalue weighted by Crippen LogP contribution is 2.31. The molecule has 1 aliphatic heterocycles. The molecule has 6 nitrogen and oxygen atoms in total. The van der Waals surface area contributed by atoms with Crippen LogP contribution in [0.3, 0.4) is 0 Å². The van der Waals surface area contributed by atoms with Gasteiger partial charge in [-0.25, -0.2) is 4.79 Å². The summed E-state index contributed by atoms with van der Waals surface area (Å²) in [4.78, 5) is 25.7. The molecule has 4 aromatic rings. The van der Waals surface area contributed by atoms with Crippen molar-refractivity contribution >= 4 is 22.7 Å². The van der Waals surface area contributed by atoms with E-state index in [0.29, 0.717) is 12.0 Å². The molecule has 6 heteroatoms. The summed E-state index contributed by atoms with van der Waals surface area (Å²) in [5, 5.41) is 2.03. The molecule has 1 fully saturated rings. The van der Waals surface area contributed by atoms with E-state index in [-0.39, 0.29) is 31.3 Å². The zero-order valence-electron chi connectivity index (χ0n) is 25.6. The van der Waals surface area contributed by atoms with Gasteiger partial charge >= 0.3 is 11.9 Å². The zero-order chi connectivity index (χ0) is 30.6. The Morgan fingerprint density at radius 2 is 1.56 bits per heavy atom. The van der Waals surface area contributed by atoms with E-state index < -0.39 is 17.3 Å². The number of rotatable bonds is 8. The van der Waals surface area contributed by atoms with Crippen LogP contribution in [0.25, 0.3) is 21.9 Å². The Morgan fingerprint density at radius 3 is 2.33 bits per heavy atom. The Bertz CT molecular complexity index is 1580. The van der Waals surface area contributed by atoms with Crippen molar-refractivity contribution < 1.29 is 28.5 Å². The molecule has 0 N–H and O–H groups in total. The molecule has 1 aliphatic rings. The third-order valence-corrected chi connectivity index (χ3v) is 7.47. The highest BCUT2D eigenvalue weighted by Gasteiger charge is 2.41. The van der Waals surface area contributed by atoms with E-state index in [4.69, 9.17) is 18.9 Å². The lowest BCUT2D eigenvalue weighted by molar-refractivity contribution is -0.292. The Kier molecular flexibility index (Phi) is 9.00. The largest absolute Gasteiger partial charge is 0.460 e. The number of hydrogen-bond donors (Lipinski definition) is 0. The van der Waals surface area contributed by atoms with Gasteiger partial charge in [0, 0.05) is 0 Å². The first kappa shape index (κ1) is 30.5. The van der Waals surface area contributed by atoms with Gasteiger partial charge in [0.25, 0.3) is 0 Å². The molecular weight excluding hydrogens is 540 g/mol. The lowest BCUT2D eigenvalue weighted by Crippen LogP contribution is -2.49. The van der Waals surface area contributed by atoms with Gasteiger partial charge in [0.05, 0.1) is 18.3 Å². The summed E-state index contributed by atoms with van der Waals surface area (Å²) in [5.41, 5.74) is 4.20. The highest BCUT2D eigenvalue weighted by molar-refractivity contribution is 5.96. The lowest BCUT2D eigenvalue weighted by atomic mass is 9.93. The van der Waals surface area contributed by atoms with Gasteiger partial charge in [-0.2, -0.15) is 0 Å². The van der Waals surface area contributed by atoms with Crippen LogP contribution in [0.1, 0.15) is 62.5 Å². The SMILES string of the molecule is CC(C)(C)OC(=O)c1ccc2ccc(-c3cccc(CC[C@H]4OC(C)(C)OC[C@H]4C(=O)OCc4ccccc4)c3)cc2c1. The van der Waals surface area contributed by atoms with E-state index >= 15 is 0 Å². The molecule has 224 valence electrons. The van der Waals surface area contributed by atoms with Crippen molar-refractivity contribution in [2.24, 2.45) is 5.92 Å². The fourth-order valence-corrected chi connectivity index (χ4v) is 5.30. The Balaban J connectivity index is 1.29. The molecule has 0 radical (unpaired) electrons. The molecule has 5 rings (SSSR count). The molecule has 0 aromatic heterocycles. The highest BCUT2D eigenvalue weighted by atomic mass is 16.7. The topological polar surface area (TPSA) is 71.1 Å². The van der Waals surface area contributed by atoms with E-state index in [1.54, 1.807) is 6.07 Å². The summed E-state index contributed by atoms with van der Waals surface area (Å²) in [7, 11) is 0. The summed E-state index contributed by atoms with van der Waals surface area (Å²) in [5.74, 6) is -1.91. The van der Waals surface area contributed by atoms with E-state index in [0.717, 1.165) is 39.4 Å². The maximum Gasteiger partial charge on any atom is 0.338 e. The molecule has 0 aliphatic carbocycles. The second-order valence-corrected chi connectivity index (χ2v) is 12.6. The van der Waals surface area contributed by atoms with Crippen molar-refractivity contribution in [2.75, 3.05) is 6.61 Å². The van der Waals surface area contributed by atoms with Crippen molar-refractivity contribution in [2.45, 2.75) is 71.6 Å². The van der Waals surface area contributed by atoms with Crippen molar-refractivity contribution in [3.8, 4) is 11.1 Å². The summed E-state index contributed by atoms with van der Waals surface area (Å²) < 4.78 is 23.3. The molecular formula is C37H40O6. The number of carbonyl (C=O) groups is 2. The minimum Gasteiger partial charge on any atom is -0.460 e. The number of aryl methyl sites for hydroxylation is 1. The monoisotopic (exact) mass is 580 g/mol. The normalized spacial score (nSPS) is 18.3. The molecule has 0 amide bonds. The summed E-state index contributed by atoms with van der Waals surface area (Å²) in [6.45, 7) is 9.82. The molecule has 0 unspecified atom stereocenters. The average Bonchev–Trinajstić information content (AvgIpc) is 2.97. The Morgan fingerprint density at radius 1 is 0.837 bits per heavy atom. The predicted molar refractivity (Wildman–Crippen MR) is 168 cm³/mol. The van der Waals surface area contributed by atoms with Crippen LogP contribution in [0, 0.1) is 5.92 Å². The van der Waals surface area contributed by atoms with Crippen LogP contribution in [-0.2, 0) is 36.8 Å². The fraction of sp³-hybridized carbons (Fsp3) is 0.351. The molecule has 43 heavy (non-hydrogen) atoms. The standard InChI is InChI=1S/C37H40O6/c1-36(2,3)43-34(38)30-18-16-27-15-17-29(21-31(27)22-30)28-13-9-12-25(20-28)14-19-33-32(24-41-37(4,5)42-33)35(39)40-23-26-10-7-6-8-11-26/h6-13,15-18,20-22,32-33H,14,19,23-24H2,1-5H3/t32-,33-/m1/s1. The average molecular weight is 581 g/mol. The number of carbonyl (C=O) groups excluding carboxylic acids is 2. The minimum atomic E-state index is -0.772. The maximum atomic E-state index is 13.1. The second kappa shape index (κ2) is 12.7. The van der Waals surface area contributed by atoms with E-state index in [1.165, 1.54) is 0 Å². The summed E-state index contributed by atoms with van der Waals surface area (Å²) in [6, 6.07) is 30.0. The van der Waals surface area contributed by atoms with Gasteiger partial charge in [0.1, 0.15) is 18.1 Å². The van der Waals surface area contributed by atoms with E-state index in [2.05, 4.69) is 36.4 Å². The third-order valence-electron chi connectivity index (χ3n) is 7.47. The first-order chi connectivity index (χ1) is 20.5. The van der Waals surface area contributed by atoms with Crippen LogP contribution in [0.4, 0.5) is 0 Å². The van der Waals surface area contributed by atoms with Crippen LogP contribution in [-0.4, -0.2) is 36.0 Å². The van der Waals surface area contributed by atoms with Crippen LogP contribution in [0.5, 0.6) is 0 Å². The molecule has 2 atom stereocenters. The Labute approximate surface area is 253 Å².